The van der Waals surface area contributed by atoms with Crippen LogP contribution in [0.5, 0.6) is 0 Å². The fourth-order valence-corrected chi connectivity index (χ4v) is 0. The molecule has 0 saturated heterocycles. The molecule has 4 nitrogen and oxygen atoms in total. The average molecular weight is 211 g/mol. The normalized spacial score (nSPS) is 3.43. The van der Waals surface area contributed by atoms with E-state index in [0.717, 1.165) is 0 Å². The van der Waals surface area contributed by atoms with Gasteiger partial charge in [0.2, 0.25) is 0 Å². The molecular formula is CH5KO4Zr. The molecule has 0 spiro atoms. The molecule has 0 radical (unpaired) electrons. The van der Waals surface area contributed by atoms with Gasteiger partial charge in [0.05, 0.1) is 0 Å². The molecule has 0 amide bonds. The molecule has 0 aromatic rings. The summed E-state index contributed by atoms with van der Waals surface area (Å²) >= 11 is 0. The van der Waals surface area contributed by atoms with Crippen molar-refractivity contribution in [2.75, 3.05) is 0 Å². The van der Waals surface area contributed by atoms with Crippen LogP contribution >= 0.6 is 0 Å². The molecule has 0 unspecified atom stereocenters. The minimum atomic E-state index is -1.83. The Balaban J connectivity index is -0.00000000750. The van der Waals surface area contributed by atoms with E-state index in [1.807, 2.05) is 0 Å². The van der Waals surface area contributed by atoms with E-state index in [0.29, 0.717) is 0 Å². The Kier molecular flexibility index (Phi) is 52.1. The first-order valence-electron chi connectivity index (χ1n) is 0.651. The van der Waals surface area contributed by atoms with E-state index in [1.54, 1.807) is 0 Å². The van der Waals surface area contributed by atoms with Gasteiger partial charge in [-0.15, -0.1) is 0 Å². The molecule has 0 aliphatic heterocycles. The Morgan fingerprint density at radius 1 is 1.43 bits per heavy atom. The van der Waals surface area contributed by atoms with Crippen molar-refractivity contribution in [1.29, 1.82) is 0 Å². The van der Waals surface area contributed by atoms with Gasteiger partial charge in [-0.1, -0.05) is 0 Å². The number of carbonyl (C=O) groups is 1. The molecule has 0 aromatic heterocycles. The summed E-state index contributed by atoms with van der Waals surface area (Å²) in [5.41, 5.74) is 0. The summed E-state index contributed by atoms with van der Waals surface area (Å²) in [4.78, 5) is 8.56. The van der Waals surface area contributed by atoms with Crippen LogP contribution in [0.2, 0.25) is 0 Å². The molecular weight excluding hydrogens is 206 g/mol. The molecule has 0 aliphatic rings. The van der Waals surface area contributed by atoms with Crippen LogP contribution in [0.15, 0.2) is 0 Å². The Morgan fingerprint density at radius 2 is 1.43 bits per heavy atom. The van der Waals surface area contributed by atoms with E-state index >= 15 is 0 Å². The predicted octanol–water partition coefficient (Wildman–Crippen LogP) is -3.49. The maximum absolute atomic E-state index is 8.56. The van der Waals surface area contributed by atoms with Gasteiger partial charge in [-0.2, -0.15) is 0 Å². The average Bonchev–Trinajstić information content (AvgIpc) is 0.811. The smallest absolute Gasteiger partial charge is 1.00 e. The standard InChI is InChI=1S/CH2O3.K.H2O.Zr.H/c2-1(3)4;;;;/h(H2,2,3,4);;1H2;;/q;+1;;;-1. The van der Waals surface area contributed by atoms with Gasteiger partial charge in [-0.25, -0.2) is 4.79 Å². The second-order valence-corrected chi connectivity index (χ2v) is 0.283. The fraction of sp³-hybridized carbons (Fsp3) is 0. The van der Waals surface area contributed by atoms with E-state index in [1.165, 1.54) is 0 Å². The van der Waals surface area contributed by atoms with E-state index in [9.17, 15) is 0 Å². The first-order chi connectivity index (χ1) is 1.73. The quantitative estimate of drug-likeness (QED) is 0.408. The summed E-state index contributed by atoms with van der Waals surface area (Å²) in [5.74, 6) is 0. The zero-order valence-electron chi connectivity index (χ0n) is 4.80. The topological polar surface area (TPSA) is 89.0 Å². The summed E-state index contributed by atoms with van der Waals surface area (Å²) in [6.07, 6.45) is -1.83. The SMILES string of the molecule is O.O=C(O)O.[H-].[K+].[Zr]. The second kappa shape index (κ2) is 15.7. The van der Waals surface area contributed by atoms with Crippen molar-refractivity contribution in [2.24, 2.45) is 0 Å². The van der Waals surface area contributed by atoms with Gasteiger partial charge in [0.25, 0.3) is 0 Å². The minimum Gasteiger partial charge on any atom is -1.00 e. The van der Waals surface area contributed by atoms with E-state index in [2.05, 4.69) is 0 Å². The predicted molar refractivity (Wildman–Crippen MR) is 15.4 cm³/mol. The van der Waals surface area contributed by atoms with Crippen molar-refractivity contribution in [3.63, 3.8) is 0 Å². The van der Waals surface area contributed by atoms with Crippen molar-refractivity contribution >= 4 is 6.16 Å². The summed E-state index contributed by atoms with van der Waals surface area (Å²) in [5, 5.41) is 13.9. The maximum Gasteiger partial charge on any atom is 1.00 e. The Hall–Kier alpha value is 1.75. The molecule has 38 valence electrons. The van der Waals surface area contributed by atoms with Crippen molar-refractivity contribution in [3.8, 4) is 0 Å². The van der Waals surface area contributed by atoms with Crippen LogP contribution in [0.25, 0.3) is 0 Å². The van der Waals surface area contributed by atoms with E-state index in [4.69, 9.17) is 15.0 Å². The molecule has 0 aliphatic carbocycles. The summed E-state index contributed by atoms with van der Waals surface area (Å²) < 4.78 is 0. The van der Waals surface area contributed by atoms with Crippen LogP contribution in [0, 0.1) is 0 Å². The second-order valence-electron chi connectivity index (χ2n) is 0.283. The van der Waals surface area contributed by atoms with Crippen LogP contribution in [0.4, 0.5) is 4.79 Å². The van der Waals surface area contributed by atoms with Gasteiger partial charge in [0, 0.05) is 26.2 Å². The van der Waals surface area contributed by atoms with Gasteiger partial charge >= 0.3 is 57.5 Å². The van der Waals surface area contributed by atoms with Gasteiger partial charge in [-0.05, 0) is 0 Å². The number of hydrogen-bond acceptors (Lipinski definition) is 1. The zero-order chi connectivity index (χ0) is 3.58. The Morgan fingerprint density at radius 3 is 1.43 bits per heavy atom. The monoisotopic (exact) mass is 210 g/mol. The summed E-state index contributed by atoms with van der Waals surface area (Å²) in [6, 6.07) is 0. The molecule has 0 bridgehead atoms. The van der Waals surface area contributed by atoms with Gasteiger partial charge in [0.15, 0.2) is 0 Å². The Labute approximate surface area is 104 Å². The van der Waals surface area contributed by atoms with Crippen molar-refractivity contribution in [1.82, 2.24) is 0 Å². The molecule has 0 atom stereocenters. The largest absolute Gasteiger partial charge is 1.00 e. The molecule has 0 heterocycles. The third kappa shape index (κ3) is 83.7. The number of rotatable bonds is 0. The summed E-state index contributed by atoms with van der Waals surface area (Å²) in [7, 11) is 0. The first kappa shape index (κ1) is 23.3. The first-order valence-corrected chi connectivity index (χ1v) is 0.651. The fourth-order valence-electron chi connectivity index (χ4n) is 0. The molecule has 0 fully saturated rings. The van der Waals surface area contributed by atoms with Crippen LogP contribution < -0.4 is 51.4 Å². The van der Waals surface area contributed by atoms with Gasteiger partial charge < -0.3 is 17.1 Å². The summed E-state index contributed by atoms with van der Waals surface area (Å²) in [6.45, 7) is 0. The van der Waals surface area contributed by atoms with Gasteiger partial charge in [-0.3, -0.25) is 0 Å². The molecule has 0 saturated carbocycles. The molecule has 7 heavy (non-hydrogen) atoms. The van der Waals surface area contributed by atoms with Crippen molar-refractivity contribution in [2.45, 2.75) is 0 Å². The molecule has 6 heteroatoms. The third-order valence-electron chi connectivity index (χ3n) is 0. The maximum atomic E-state index is 8.56. The van der Waals surface area contributed by atoms with Crippen LogP contribution in [0.3, 0.4) is 0 Å². The third-order valence-corrected chi connectivity index (χ3v) is 0. The molecule has 4 N–H and O–H groups in total. The number of carboxylic acid groups (broad SMARTS) is 2. The number of hydrogen-bond donors (Lipinski definition) is 2. The van der Waals surface area contributed by atoms with Crippen molar-refractivity contribution < 1.29 is 99.5 Å². The van der Waals surface area contributed by atoms with Gasteiger partial charge in [0.1, 0.15) is 0 Å². The molecule has 0 rings (SSSR count). The molecule has 0 aromatic carbocycles. The van der Waals surface area contributed by atoms with Crippen LogP contribution in [0.1, 0.15) is 1.43 Å². The minimum absolute atomic E-state index is 0. The van der Waals surface area contributed by atoms with E-state index < -0.39 is 6.16 Å². The van der Waals surface area contributed by atoms with Crippen LogP contribution in [-0.2, 0) is 26.2 Å². The Bertz CT molecular complexity index is 39.0. The zero-order valence-corrected chi connectivity index (χ0v) is 9.38. The van der Waals surface area contributed by atoms with Crippen molar-refractivity contribution in [3.05, 3.63) is 0 Å². The van der Waals surface area contributed by atoms with Crippen LogP contribution in [-0.4, -0.2) is 21.8 Å². The van der Waals surface area contributed by atoms with E-state index in [-0.39, 0.29) is 84.5 Å².